The van der Waals surface area contributed by atoms with Gasteiger partial charge < -0.3 is 15.0 Å². The highest BCUT2D eigenvalue weighted by Gasteiger charge is 2.30. The third-order valence-corrected chi connectivity index (χ3v) is 6.23. The third kappa shape index (κ3) is 4.50. The maximum Gasteiger partial charge on any atom is 0.275 e. The van der Waals surface area contributed by atoms with E-state index in [1.165, 1.54) is 19.3 Å². The lowest BCUT2D eigenvalue weighted by Gasteiger charge is -2.35. The highest BCUT2D eigenvalue weighted by molar-refractivity contribution is 5.95. The van der Waals surface area contributed by atoms with Gasteiger partial charge in [-0.25, -0.2) is 4.68 Å². The van der Waals surface area contributed by atoms with E-state index in [0.29, 0.717) is 24.7 Å². The van der Waals surface area contributed by atoms with Crippen LogP contribution in [0.5, 0.6) is 5.75 Å². The molecule has 0 bridgehead atoms. The fraction of sp³-hybridized carbons (Fsp3) is 0.522. The molecule has 1 saturated carbocycles. The van der Waals surface area contributed by atoms with E-state index in [9.17, 15) is 9.59 Å². The molecule has 1 aromatic heterocycles. The number of piperidine rings is 1. The summed E-state index contributed by atoms with van der Waals surface area (Å²) in [6, 6.07) is 9.67. The van der Waals surface area contributed by atoms with Crippen LogP contribution in [0.2, 0.25) is 0 Å². The zero-order valence-electron chi connectivity index (χ0n) is 17.5. The Bertz CT molecular complexity index is 866. The van der Waals surface area contributed by atoms with Crippen molar-refractivity contribution in [3.05, 3.63) is 42.2 Å². The minimum Gasteiger partial charge on any atom is -0.493 e. The maximum absolute atomic E-state index is 12.9. The first-order valence-corrected chi connectivity index (χ1v) is 10.9. The smallest absolute Gasteiger partial charge is 0.275 e. The van der Waals surface area contributed by atoms with Crippen LogP contribution in [0, 0.1) is 5.92 Å². The first kappa shape index (κ1) is 20.4. The first-order chi connectivity index (χ1) is 14.7. The van der Waals surface area contributed by atoms with Crippen LogP contribution < -0.4 is 10.1 Å². The molecule has 1 N–H and O–H groups in total. The standard InChI is InChI=1S/C23H30N4O3/c1-30-20-16-27(19-10-6-3-7-11-19)25-21(20)22(28)24-18-12-14-26(15-13-18)23(29)17-8-4-2-5-9-17/h3,6-7,10-11,16-18H,2,4-5,8-9,12-15H2,1H3,(H,24,28). The molecule has 0 unspecified atom stereocenters. The van der Waals surface area contributed by atoms with Gasteiger partial charge in [0, 0.05) is 25.0 Å². The van der Waals surface area contributed by atoms with Crippen LogP contribution in [0.3, 0.4) is 0 Å². The molecule has 2 amide bonds. The number of carbonyl (C=O) groups excluding carboxylic acids is 2. The van der Waals surface area contributed by atoms with Gasteiger partial charge in [0.15, 0.2) is 11.4 Å². The molecule has 0 spiro atoms. The van der Waals surface area contributed by atoms with Crippen LogP contribution in [0.1, 0.15) is 55.4 Å². The summed E-state index contributed by atoms with van der Waals surface area (Å²) in [5, 5.41) is 7.52. The van der Waals surface area contributed by atoms with Crippen LogP contribution in [-0.2, 0) is 4.79 Å². The summed E-state index contributed by atoms with van der Waals surface area (Å²) in [6.07, 6.45) is 8.90. The van der Waals surface area contributed by atoms with Crippen molar-refractivity contribution in [2.45, 2.75) is 51.0 Å². The molecule has 1 saturated heterocycles. The molecule has 2 aromatic rings. The Kier molecular flexibility index (Phi) is 6.35. The molecule has 0 radical (unpaired) electrons. The van der Waals surface area contributed by atoms with Crippen molar-refractivity contribution in [2.75, 3.05) is 20.2 Å². The molecule has 2 fully saturated rings. The molecule has 2 heterocycles. The van der Waals surface area contributed by atoms with Gasteiger partial charge >= 0.3 is 0 Å². The van der Waals surface area contributed by atoms with E-state index in [1.54, 1.807) is 18.0 Å². The van der Waals surface area contributed by atoms with E-state index in [4.69, 9.17) is 4.74 Å². The Morgan fingerprint density at radius 1 is 1.03 bits per heavy atom. The second-order valence-corrected chi connectivity index (χ2v) is 8.23. The number of carbonyl (C=O) groups is 2. The van der Waals surface area contributed by atoms with Crippen molar-refractivity contribution in [3.8, 4) is 11.4 Å². The number of ether oxygens (including phenoxy) is 1. The van der Waals surface area contributed by atoms with Gasteiger partial charge in [0.2, 0.25) is 5.91 Å². The van der Waals surface area contributed by atoms with E-state index < -0.39 is 0 Å². The van der Waals surface area contributed by atoms with E-state index >= 15 is 0 Å². The average Bonchev–Trinajstić information content (AvgIpc) is 3.25. The van der Waals surface area contributed by atoms with Crippen LogP contribution in [0.15, 0.2) is 36.5 Å². The molecular weight excluding hydrogens is 380 g/mol. The summed E-state index contributed by atoms with van der Waals surface area (Å²) in [5.74, 6) is 0.721. The Morgan fingerprint density at radius 2 is 1.73 bits per heavy atom. The van der Waals surface area contributed by atoms with Gasteiger partial charge in [-0.15, -0.1) is 0 Å². The first-order valence-electron chi connectivity index (χ1n) is 10.9. The molecule has 2 aliphatic rings. The van der Waals surface area contributed by atoms with E-state index in [-0.39, 0.29) is 23.6 Å². The summed E-state index contributed by atoms with van der Waals surface area (Å²) >= 11 is 0. The summed E-state index contributed by atoms with van der Waals surface area (Å²) in [5.41, 5.74) is 1.14. The van der Waals surface area contributed by atoms with Crippen molar-refractivity contribution in [1.29, 1.82) is 0 Å². The molecule has 1 aliphatic heterocycles. The number of hydrogen-bond donors (Lipinski definition) is 1. The maximum atomic E-state index is 12.9. The Balaban J connectivity index is 1.35. The SMILES string of the molecule is COc1cn(-c2ccccc2)nc1C(=O)NC1CCN(C(=O)C2CCCCC2)CC1. The fourth-order valence-electron chi connectivity index (χ4n) is 4.48. The lowest BCUT2D eigenvalue weighted by atomic mass is 9.87. The van der Waals surface area contributed by atoms with Crippen molar-refractivity contribution in [3.63, 3.8) is 0 Å². The van der Waals surface area contributed by atoms with Crippen molar-refractivity contribution in [1.82, 2.24) is 20.0 Å². The molecule has 1 aromatic carbocycles. The molecule has 1 aliphatic carbocycles. The second kappa shape index (κ2) is 9.32. The number of likely N-dealkylation sites (tertiary alicyclic amines) is 1. The van der Waals surface area contributed by atoms with E-state index in [2.05, 4.69) is 10.4 Å². The van der Waals surface area contributed by atoms with Gasteiger partial charge in [0.05, 0.1) is 19.0 Å². The van der Waals surface area contributed by atoms with Gasteiger partial charge in [0.25, 0.3) is 5.91 Å². The van der Waals surface area contributed by atoms with Gasteiger partial charge in [0.1, 0.15) is 0 Å². The van der Waals surface area contributed by atoms with Crippen LogP contribution in [0.4, 0.5) is 0 Å². The van der Waals surface area contributed by atoms with Crippen molar-refractivity contribution in [2.24, 2.45) is 5.92 Å². The molecule has 160 valence electrons. The highest BCUT2D eigenvalue weighted by atomic mass is 16.5. The quantitative estimate of drug-likeness (QED) is 0.821. The second-order valence-electron chi connectivity index (χ2n) is 8.23. The van der Waals surface area contributed by atoms with Crippen LogP contribution in [-0.4, -0.2) is 52.7 Å². The topological polar surface area (TPSA) is 76.5 Å². The lowest BCUT2D eigenvalue weighted by molar-refractivity contribution is -0.137. The Hall–Kier alpha value is -2.83. The number of para-hydroxylation sites is 1. The van der Waals surface area contributed by atoms with E-state index in [0.717, 1.165) is 31.4 Å². The number of methoxy groups -OCH3 is 1. The minimum absolute atomic E-state index is 0.0412. The molecular formula is C23H30N4O3. The summed E-state index contributed by atoms with van der Waals surface area (Å²) in [7, 11) is 1.54. The van der Waals surface area contributed by atoms with Gasteiger partial charge in [-0.3, -0.25) is 9.59 Å². The number of nitrogens with zero attached hydrogens (tertiary/aromatic N) is 3. The monoisotopic (exact) mass is 410 g/mol. The summed E-state index contributed by atoms with van der Waals surface area (Å²) < 4.78 is 7.03. The highest BCUT2D eigenvalue weighted by Crippen LogP contribution is 2.27. The molecule has 30 heavy (non-hydrogen) atoms. The van der Waals surface area contributed by atoms with Gasteiger partial charge in [-0.05, 0) is 37.8 Å². The Morgan fingerprint density at radius 3 is 2.40 bits per heavy atom. The predicted octanol–water partition coefficient (Wildman–Crippen LogP) is 3.18. The summed E-state index contributed by atoms with van der Waals surface area (Å²) in [6.45, 7) is 1.41. The molecule has 7 nitrogen and oxygen atoms in total. The molecule has 7 heteroatoms. The number of rotatable bonds is 5. The zero-order valence-corrected chi connectivity index (χ0v) is 17.5. The molecule has 0 atom stereocenters. The van der Waals surface area contributed by atoms with Crippen molar-refractivity contribution >= 4 is 11.8 Å². The van der Waals surface area contributed by atoms with Gasteiger partial charge in [-0.2, -0.15) is 5.10 Å². The number of hydrogen-bond acceptors (Lipinski definition) is 4. The number of aromatic nitrogens is 2. The van der Waals surface area contributed by atoms with Gasteiger partial charge in [-0.1, -0.05) is 37.5 Å². The fourth-order valence-corrected chi connectivity index (χ4v) is 4.48. The Labute approximate surface area is 177 Å². The summed E-state index contributed by atoms with van der Waals surface area (Å²) in [4.78, 5) is 27.6. The number of amides is 2. The number of nitrogens with one attached hydrogen (secondary N) is 1. The van der Waals surface area contributed by atoms with Crippen LogP contribution >= 0.6 is 0 Å². The minimum atomic E-state index is -0.237. The van der Waals surface area contributed by atoms with Crippen molar-refractivity contribution < 1.29 is 14.3 Å². The average molecular weight is 411 g/mol. The lowest BCUT2D eigenvalue weighted by Crippen LogP contribution is -2.48. The van der Waals surface area contributed by atoms with E-state index in [1.807, 2.05) is 35.2 Å². The normalized spacial score (nSPS) is 18.2. The molecule has 4 rings (SSSR count). The number of benzene rings is 1. The third-order valence-electron chi connectivity index (χ3n) is 6.23. The predicted molar refractivity (Wildman–Crippen MR) is 114 cm³/mol. The zero-order chi connectivity index (χ0) is 20.9. The van der Waals surface area contributed by atoms with Crippen LogP contribution in [0.25, 0.3) is 5.69 Å². The largest absolute Gasteiger partial charge is 0.493 e.